The molecule has 0 bridgehead atoms. The van der Waals surface area contributed by atoms with Crippen LogP contribution in [0.2, 0.25) is 0 Å². The van der Waals surface area contributed by atoms with Crippen LogP contribution in [0.3, 0.4) is 0 Å². The summed E-state index contributed by atoms with van der Waals surface area (Å²) in [6.45, 7) is 1.17. The molecule has 5 nitrogen and oxygen atoms in total. The van der Waals surface area contributed by atoms with Gasteiger partial charge in [-0.1, -0.05) is 18.2 Å². The standard InChI is InChI=1S/C22H19FN2O3/c23-20-4-2-1-3-17(20)14-28-19-7-5-15(6-8-19)22(27)25-10-9-16-11-21(26)24-12-18(16)13-25/h1-8,11-12H,9-10,13-14H2,(H,24,26). The van der Waals surface area contributed by atoms with Crippen LogP contribution >= 0.6 is 0 Å². The number of carbonyl (C=O) groups excluding carboxylic acids is 1. The second-order valence-corrected chi connectivity index (χ2v) is 6.73. The number of aromatic amines is 1. The first-order valence-electron chi connectivity index (χ1n) is 9.06. The van der Waals surface area contributed by atoms with E-state index >= 15 is 0 Å². The predicted octanol–water partition coefficient (Wildman–Crippen LogP) is 3.29. The molecule has 1 aromatic heterocycles. The molecule has 2 heterocycles. The summed E-state index contributed by atoms with van der Waals surface area (Å²) in [5.74, 6) is 0.194. The van der Waals surface area contributed by atoms with Crippen LogP contribution < -0.4 is 10.3 Å². The largest absolute Gasteiger partial charge is 0.489 e. The molecule has 142 valence electrons. The summed E-state index contributed by atoms with van der Waals surface area (Å²) in [5, 5.41) is 0. The molecule has 0 saturated carbocycles. The lowest BCUT2D eigenvalue weighted by Gasteiger charge is -2.28. The minimum absolute atomic E-state index is 0.0718. The Kier molecular flexibility index (Phi) is 4.93. The van der Waals surface area contributed by atoms with Crippen molar-refractivity contribution in [2.75, 3.05) is 6.54 Å². The average molecular weight is 378 g/mol. The van der Waals surface area contributed by atoms with Gasteiger partial charge >= 0.3 is 0 Å². The van der Waals surface area contributed by atoms with Crippen molar-refractivity contribution in [3.63, 3.8) is 0 Å². The zero-order chi connectivity index (χ0) is 19.5. The summed E-state index contributed by atoms with van der Waals surface area (Å²) in [6.07, 6.45) is 2.34. The lowest BCUT2D eigenvalue weighted by molar-refractivity contribution is 0.0734. The van der Waals surface area contributed by atoms with E-state index in [2.05, 4.69) is 4.98 Å². The topological polar surface area (TPSA) is 62.4 Å². The maximum atomic E-state index is 13.6. The number of benzene rings is 2. The normalized spacial score (nSPS) is 13.1. The lowest BCUT2D eigenvalue weighted by atomic mass is 10.0. The van der Waals surface area contributed by atoms with E-state index in [1.165, 1.54) is 6.07 Å². The van der Waals surface area contributed by atoms with E-state index < -0.39 is 0 Å². The molecular weight excluding hydrogens is 359 g/mol. The Bertz CT molecular complexity index is 1060. The van der Waals surface area contributed by atoms with E-state index in [0.717, 1.165) is 11.1 Å². The van der Waals surface area contributed by atoms with Crippen molar-refractivity contribution in [2.24, 2.45) is 0 Å². The lowest BCUT2D eigenvalue weighted by Crippen LogP contribution is -2.36. The molecular formula is C22H19FN2O3. The Labute approximate surface area is 161 Å². The van der Waals surface area contributed by atoms with Gasteiger partial charge in [0.15, 0.2) is 0 Å². The van der Waals surface area contributed by atoms with E-state index in [4.69, 9.17) is 4.74 Å². The Hall–Kier alpha value is -3.41. The van der Waals surface area contributed by atoms with Crippen LogP contribution in [-0.4, -0.2) is 22.3 Å². The van der Waals surface area contributed by atoms with Gasteiger partial charge in [-0.2, -0.15) is 0 Å². The number of amides is 1. The van der Waals surface area contributed by atoms with Gasteiger partial charge in [0.25, 0.3) is 5.91 Å². The minimum atomic E-state index is -0.305. The van der Waals surface area contributed by atoms with Gasteiger partial charge in [-0.3, -0.25) is 9.59 Å². The Morgan fingerprint density at radius 1 is 1.11 bits per heavy atom. The maximum Gasteiger partial charge on any atom is 0.254 e. The Morgan fingerprint density at radius 2 is 1.89 bits per heavy atom. The molecule has 0 aliphatic carbocycles. The number of hydrogen-bond donors (Lipinski definition) is 1. The molecule has 0 fully saturated rings. The third kappa shape index (κ3) is 3.81. The number of fused-ring (bicyclic) bond motifs is 1. The number of aromatic nitrogens is 1. The van der Waals surface area contributed by atoms with E-state index in [-0.39, 0.29) is 23.9 Å². The fourth-order valence-electron chi connectivity index (χ4n) is 3.29. The zero-order valence-electron chi connectivity index (χ0n) is 15.2. The molecule has 0 unspecified atom stereocenters. The summed E-state index contributed by atoms with van der Waals surface area (Å²) < 4.78 is 19.3. The van der Waals surface area contributed by atoms with E-state index in [9.17, 15) is 14.0 Å². The molecule has 1 amide bonds. The molecule has 1 N–H and O–H groups in total. The average Bonchev–Trinajstić information content (AvgIpc) is 2.72. The number of carbonyl (C=O) groups is 1. The van der Waals surface area contributed by atoms with Crippen molar-refractivity contribution in [2.45, 2.75) is 19.6 Å². The van der Waals surface area contributed by atoms with Gasteiger partial charge in [0.2, 0.25) is 5.56 Å². The Morgan fingerprint density at radius 3 is 2.68 bits per heavy atom. The van der Waals surface area contributed by atoms with Gasteiger partial charge in [0.1, 0.15) is 18.2 Å². The van der Waals surface area contributed by atoms with E-state index in [1.807, 2.05) is 0 Å². The molecule has 1 aliphatic rings. The van der Waals surface area contributed by atoms with Gasteiger partial charge < -0.3 is 14.6 Å². The third-order valence-electron chi connectivity index (χ3n) is 4.86. The van der Waals surface area contributed by atoms with Crippen molar-refractivity contribution in [1.82, 2.24) is 9.88 Å². The minimum Gasteiger partial charge on any atom is -0.489 e. The summed E-state index contributed by atoms with van der Waals surface area (Å²) in [6, 6.07) is 14.9. The van der Waals surface area contributed by atoms with Crippen molar-refractivity contribution < 1.29 is 13.9 Å². The number of H-pyrrole nitrogens is 1. The van der Waals surface area contributed by atoms with Crippen LogP contribution in [-0.2, 0) is 19.6 Å². The highest BCUT2D eigenvalue weighted by Crippen LogP contribution is 2.21. The summed E-state index contributed by atoms with van der Waals surface area (Å²) in [5.41, 5.74) is 2.87. The van der Waals surface area contributed by atoms with Crippen LogP contribution in [0.25, 0.3) is 0 Å². The molecule has 0 radical (unpaired) electrons. The molecule has 4 rings (SSSR count). The van der Waals surface area contributed by atoms with Gasteiger partial charge in [-0.05, 0) is 47.9 Å². The predicted molar refractivity (Wildman–Crippen MR) is 103 cm³/mol. The van der Waals surface area contributed by atoms with Crippen LogP contribution in [0.5, 0.6) is 5.75 Å². The van der Waals surface area contributed by atoms with Gasteiger partial charge in [0.05, 0.1) is 0 Å². The Balaban J connectivity index is 1.41. The molecule has 6 heteroatoms. The quantitative estimate of drug-likeness (QED) is 0.758. The number of hydrogen-bond acceptors (Lipinski definition) is 3. The van der Waals surface area contributed by atoms with E-state index in [1.54, 1.807) is 59.6 Å². The smallest absolute Gasteiger partial charge is 0.254 e. The maximum absolute atomic E-state index is 13.6. The number of pyridine rings is 1. The summed E-state index contributed by atoms with van der Waals surface area (Å²) in [4.78, 5) is 28.6. The first-order valence-corrected chi connectivity index (χ1v) is 9.06. The number of ether oxygens (including phenoxy) is 1. The molecule has 1 aliphatic heterocycles. The number of nitrogens with one attached hydrogen (secondary N) is 1. The monoisotopic (exact) mass is 378 g/mol. The molecule has 3 aromatic rings. The zero-order valence-corrected chi connectivity index (χ0v) is 15.2. The second kappa shape index (κ2) is 7.68. The molecule has 28 heavy (non-hydrogen) atoms. The van der Waals surface area contributed by atoms with Crippen molar-refractivity contribution in [3.05, 3.63) is 99.2 Å². The first-order chi connectivity index (χ1) is 13.6. The van der Waals surface area contributed by atoms with E-state index in [0.29, 0.717) is 36.4 Å². The molecule has 2 aromatic carbocycles. The fraction of sp³-hybridized carbons (Fsp3) is 0.182. The number of halogens is 1. The van der Waals surface area contributed by atoms with Gasteiger partial charge in [0, 0.05) is 36.5 Å². The third-order valence-corrected chi connectivity index (χ3v) is 4.86. The fourth-order valence-corrected chi connectivity index (χ4v) is 3.29. The van der Waals surface area contributed by atoms with Crippen LogP contribution in [0, 0.1) is 5.82 Å². The van der Waals surface area contributed by atoms with Crippen LogP contribution in [0.15, 0.2) is 65.6 Å². The number of nitrogens with zero attached hydrogens (tertiary/aromatic N) is 1. The first kappa shape index (κ1) is 18.0. The van der Waals surface area contributed by atoms with Crippen molar-refractivity contribution in [1.29, 1.82) is 0 Å². The summed E-state index contributed by atoms with van der Waals surface area (Å²) in [7, 11) is 0. The highest BCUT2D eigenvalue weighted by molar-refractivity contribution is 5.94. The summed E-state index contributed by atoms with van der Waals surface area (Å²) >= 11 is 0. The number of rotatable bonds is 4. The molecule has 0 atom stereocenters. The molecule has 0 saturated heterocycles. The van der Waals surface area contributed by atoms with Gasteiger partial charge in [-0.25, -0.2) is 4.39 Å². The van der Waals surface area contributed by atoms with Crippen LogP contribution in [0.4, 0.5) is 4.39 Å². The molecule has 0 spiro atoms. The SMILES string of the molecule is O=C(c1ccc(OCc2ccccc2F)cc1)N1CCc2cc(=O)[nH]cc2C1. The highest BCUT2D eigenvalue weighted by atomic mass is 19.1. The van der Waals surface area contributed by atoms with Crippen LogP contribution in [0.1, 0.15) is 27.0 Å². The van der Waals surface area contributed by atoms with Crippen molar-refractivity contribution in [3.8, 4) is 5.75 Å². The highest BCUT2D eigenvalue weighted by Gasteiger charge is 2.22. The van der Waals surface area contributed by atoms with Gasteiger partial charge in [-0.15, -0.1) is 0 Å². The second-order valence-electron chi connectivity index (χ2n) is 6.73. The van der Waals surface area contributed by atoms with Crippen molar-refractivity contribution >= 4 is 5.91 Å².